The molecule has 0 spiro atoms. The summed E-state index contributed by atoms with van der Waals surface area (Å²) in [5.41, 5.74) is 10.8. The summed E-state index contributed by atoms with van der Waals surface area (Å²) in [5.74, 6) is 0.285. The van der Waals surface area contributed by atoms with Gasteiger partial charge >= 0.3 is 0 Å². The second-order valence-electron chi connectivity index (χ2n) is 9.53. The Kier molecular flexibility index (Phi) is 6.19. The van der Waals surface area contributed by atoms with E-state index in [1.165, 1.54) is 34.4 Å². The van der Waals surface area contributed by atoms with Crippen LogP contribution < -0.4 is 0 Å². The van der Waals surface area contributed by atoms with Gasteiger partial charge in [-0.1, -0.05) is 98.1 Å². The highest BCUT2D eigenvalue weighted by Gasteiger charge is 2.46. The lowest BCUT2D eigenvalue weighted by molar-refractivity contribution is 0.437. The molecule has 4 aromatic carbocycles. The molecule has 2 heteroatoms. The van der Waals surface area contributed by atoms with Crippen LogP contribution in [0.5, 0.6) is 0 Å². The van der Waals surface area contributed by atoms with Crippen molar-refractivity contribution in [3.05, 3.63) is 166 Å². The molecule has 4 aromatic rings. The number of fused-ring (bicyclic) bond motifs is 3. The third kappa shape index (κ3) is 3.91. The number of hydrogen-bond acceptors (Lipinski definition) is 2. The second-order valence-corrected chi connectivity index (χ2v) is 9.53. The molecule has 0 unspecified atom stereocenters. The van der Waals surface area contributed by atoms with Gasteiger partial charge in [0.1, 0.15) is 11.5 Å². The van der Waals surface area contributed by atoms with Crippen molar-refractivity contribution in [3.63, 3.8) is 0 Å². The maximum atomic E-state index is 10.1. The van der Waals surface area contributed by atoms with Crippen LogP contribution in [0.2, 0.25) is 0 Å². The highest BCUT2D eigenvalue weighted by Crippen LogP contribution is 2.56. The van der Waals surface area contributed by atoms with E-state index in [2.05, 4.69) is 112 Å². The molecule has 0 fully saturated rings. The van der Waals surface area contributed by atoms with Gasteiger partial charge in [0.2, 0.25) is 0 Å². The molecule has 0 radical (unpaired) electrons. The molecule has 1 aliphatic carbocycles. The lowest BCUT2D eigenvalue weighted by Crippen LogP contribution is -2.29. The fourth-order valence-corrected chi connectivity index (χ4v) is 5.60. The zero-order valence-corrected chi connectivity index (χ0v) is 21.2. The van der Waals surface area contributed by atoms with Crippen molar-refractivity contribution in [1.29, 1.82) is 0 Å². The van der Waals surface area contributed by atoms with Crippen LogP contribution in [0.4, 0.5) is 0 Å². The maximum absolute atomic E-state index is 10.1. The fourth-order valence-electron chi connectivity index (χ4n) is 5.60. The number of aliphatic hydroxyl groups excluding tert-OH is 2. The summed E-state index contributed by atoms with van der Waals surface area (Å²) in [6.07, 6.45) is 6.38. The third-order valence-electron chi connectivity index (χ3n) is 7.38. The highest BCUT2D eigenvalue weighted by molar-refractivity contribution is 5.86. The first-order valence-corrected chi connectivity index (χ1v) is 12.4. The molecule has 0 saturated heterocycles. The molecule has 0 atom stereocenters. The molecule has 0 aromatic heterocycles. The summed E-state index contributed by atoms with van der Waals surface area (Å²) in [7, 11) is 0. The summed E-state index contributed by atoms with van der Waals surface area (Å²) in [4.78, 5) is 0. The largest absolute Gasteiger partial charge is 0.508 e. The van der Waals surface area contributed by atoms with Crippen LogP contribution >= 0.6 is 0 Å². The number of allylic oxidation sites excluding steroid dienone is 2. The Bertz CT molecular complexity index is 1480. The number of aryl methyl sites for hydroxylation is 2. The molecule has 5 rings (SSSR count). The Balaban J connectivity index is 1.84. The predicted molar refractivity (Wildman–Crippen MR) is 155 cm³/mol. The number of hydrogen-bond donors (Lipinski definition) is 2. The summed E-state index contributed by atoms with van der Waals surface area (Å²) in [6, 6.07) is 30.2. The van der Waals surface area contributed by atoms with Gasteiger partial charge in [-0.2, -0.15) is 0 Å². The van der Waals surface area contributed by atoms with E-state index in [4.69, 9.17) is 0 Å². The first-order chi connectivity index (χ1) is 17.9. The third-order valence-corrected chi connectivity index (χ3v) is 7.38. The maximum Gasteiger partial charge on any atom is 0.115 e. The molecule has 182 valence electrons. The molecule has 0 heterocycles. The van der Waals surface area contributed by atoms with Gasteiger partial charge in [0.05, 0.1) is 5.41 Å². The molecule has 0 bridgehead atoms. The van der Waals surface area contributed by atoms with Crippen molar-refractivity contribution < 1.29 is 10.2 Å². The average Bonchev–Trinajstić information content (AvgIpc) is 3.22. The van der Waals surface area contributed by atoms with E-state index in [-0.39, 0.29) is 11.5 Å². The van der Waals surface area contributed by atoms with E-state index < -0.39 is 5.41 Å². The van der Waals surface area contributed by atoms with Gasteiger partial charge in [0, 0.05) is 0 Å². The zero-order valence-electron chi connectivity index (χ0n) is 21.2. The van der Waals surface area contributed by atoms with Crippen molar-refractivity contribution >= 4 is 12.2 Å². The average molecular weight is 483 g/mol. The van der Waals surface area contributed by atoms with Gasteiger partial charge in [-0.3, -0.25) is 0 Å². The number of aliphatic hydroxyl groups is 2. The topological polar surface area (TPSA) is 40.5 Å². The Morgan fingerprint density at radius 3 is 1.41 bits per heavy atom. The molecule has 1 aliphatic rings. The number of benzene rings is 4. The summed E-state index contributed by atoms with van der Waals surface area (Å²) < 4.78 is 0. The Morgan fingerprint density at radius 1 is 0.622 bits per heavy atom. The van der Waals surface area contributed by atoms with E-state index in [9.17, 15) is 10.2 Å². The van der Waals surface area contributed by atoms with Crippen LogP contribution in [0.1, 0.15) is 44.5 Å². The Hall–Kier alpha value is -4.56. The van der Waals surface area contributed by atoms with E-state index in [1.807, 2.05) is 0 Å². The summed E-state index contributed by atoms with van der Waals surface area (Å²) in [5, 5.41) is 20.1. The first kappa shape index (κ1) is 24.1. The van der Waals surface area contributed by atoms with Crippen molar-refractivity contribution in [2.24, 2.45) is 0 Å². The molecule has 37 heavy (non-hydrogen) atoms. The van der Waals surface area contributed by atoms with Crippen molar-refractivity contribution in [3.8, 4) is 11.1 Å². The molecule has 0 aliphatic heterocycles. The van der Waals surface area contributed by atoms with Crippen LogP contribution in [0.3, 0.4) is 0 Å². The monoisotopic (exact) mass is 482 g/mol. The van der Waals surface area contributed by atoms with E-state index in [1.54, 1.807) is 12.2 Å². The van der Waals surface area contributed by atoms with Gasteiger partial charge in [0.15, 0.2) is 0 Å². The molecule has 2 nitrogen and oxygen atoms in total. The zero-order chi connectivity index (χ0) is 26.2. The first-order valence-electron chi connectivity index (χ1n) is 12.4. The minimum Gasteiger partial charge on any atom is -0.508 e. The van der Waals surface area contributed by atoms with Crippen LogP contribution in [-0.2, 0) is 5.41 Å². The molecule has 0 saturated carbocycles. The lowest BCUT2D eigenvalue weighted by Gasteiger charge is -2.34. The molecular weight excluding hydrogens is 452 g/mol. The van der Waals surface area contributed by atoms with Crippen LogP contribution in [-0.4, -0.2) is 10.2 Å². The van der Waals surface area contributed by atoms with Crippen molar-refractivity contribution in [2.45, 2.75) is 19.3 Å². The Labute approximate surface area is 218 Å². The van der Waals surface area contributed by atoms with Crippen LogP contribution in [0.15, 0.2) is 122 Å². The molecule has 0 amide bonds. The SMILES string of the molecule is C=C/C(O)=C\c1ccc(C2(c3ccc(/C=C(/O)C=C)c(C)c3)c3ccccc3-c3ccccc32)cc1C. The standard InChI is InChI=1S/C35H30O2/c1-5-29(36)21-25-15-17-27(19-23(25)3)35(28-18-16-26(24(4)20-28)22-30(37)6-2)33-13-9-7-11-31(33)32-12-8-10-14-34(32)35/h5-22,36-37H,1-2H2,3-4H3/b29-21+,30-22+. The highest BCUT2D eigenvalue weighted by atomic mass is 16.3. The lowest BCUT2D eigenvalue weighted by atomic mass is 9.67. The van der Waals surface area contributed by atoms with Gasteiger partial charge in [-0.05, 0) is 93.8 Å². The fraction of sp³-hybridized carbons (Fsp3) is 0.0857. The van der Waals surface area contributed by atoms with E-state index >= 15 is 0 Å². The summed E-state index contributed by atoms with van der Waals surface area (Å²) in [6.45, 7) is 11.5. The predicted octanol–water partition coefficient (Wildman–Crippen LogP) is 8.84. The minimum atomic E-state index is -0.520. The quantitative estimate of drug-likeness (QED) is 0.187. The van der Waals surface area contributed by atoms with Crippen LogP contribution in [0.25, 0.3) is 23.3 Å². The van der Waals surface area contributed by atoms with Crippen molar-refractivity contribution in [2.75, 3.05) is 0 Å². The van der Waals surface area contributed by atoms with Crippen LogP contribution in [0, 0.1) is 13.8 Å². The normalized spacial score (nSPS) is 14.1. The summed E-state index contributed by atoms with van der Waals surface area (Å²) >= 11 is 0. The molecule has 2 N–H and O–H groups in total. The molecular formula is C35H30O2. The van der Waals surface area contributed by atoms with Crippen molar-refractivity contribution in [1.82, 2.24) is 0 Å². The van der Waals surface area contributed by atoms with Gasteiger partial charge in [-0.15, -0.1) is 0 Å². The van der Waals surface area contributed by atoms with Gasteiger partial charge < -0.3 is 10.2 Å². The van der Waals surface area contributed by atoms with E-state index in [0.29, 0.717) is 0 Å². The second kappa shape index (κ2) is 9.48. The minimum absolute atomic E-state index is 0.143. The Morgan fingerprint density at radius 2 is 1.03 bits per heavy atom. The smallest absolute Gasteiger partial charge is 0.115 e. The van der Waals surface area contributed by atoms with Gasteiger partial charge in [0.25, 0.3) is 0 Å². The van der Waals surface area contributed by atoms with E-state index in [0.717, 1.165) is 33.4 Å². The number of rotatable bonds is 6. The van der Waals surface area contributed by atoms with Gasteiger partial charge in [-0.25, -0.2) is 0 Å².